The number of Topliss-reactive ketones (excluding diaryl/α,β-unsaturated/α-hetero) is 1. The second-order valence-corrected chi connectivity index (χ2v) is 8.10. The number of amides is 1. The quantitative estimate of drug-likeness (QED) is 0.634. The summed E-state index contributed by atoms with van der Waals surface area (Å²) in [6.07, 6.45) is 8.81. The Labute approximate surface area is 157 Å². The number of ether oxygens (including phenoxy) is 1. The van der Waals surface area contributed by atoms with Crippen LogP contribution in [0.15, 0.2) is 41.0 Å². The SMILES string of the molecule is O=C(C1=C(O)C(=O)N(CC2CCCO2)C1C1CC=CCC1)c1cccs1. The Bertz CT molecular complexity index is 746. The van der Waals surface area contributed by atoms with Crippen molar-refractivity contribution in [3.8, 4) is 0 Å². The third-order valence-corrected chi connectivity index (χ3v) is 6.39. The second kappa shape index (κ2) is 7.37. The maximum Gasteiger partial charge on any atom is 0.289 e. The van der Waals surface area contributed by atoms with Gasteiger partial charge in [-0.05, 0) is 49.5 Å². The van der Waals surface area contributed by atoms with E-state index in [0.29, 0.717) is 18.0 Å². The molecule has 1 saturated heterocycles. The molecule has 2 aliphatic heterocycles. The van der Waals surface area contributed by atoms with E-state index in [1.165, 1.54) is 11.3 Å². The largest absolute Gasteiger partial charge is 0.503 e. The van der Waals surface area contributed by atoms with E-state index in [1.807, 2.05) is 11.4 Å². The van der Waals surface area contributed by atoms with E-state index < -0.39 is 5.91 Å². The van der Waals surface area contributed by atoms with E-state index in [0.717, 1.165) is 32.1 Å². The highest BCUT2D eigenvalue weighted by Gasteiger charge is 2.47. The smallest absolute Gasteiger partial charge is 0.289 e. The molecule has 1 aromatic heterocycles. The van der Waals surface area contributed by atoms with Crippen molar-refractivity contribution in [2.24, 2.45) is 5.92 Å². The Morgan fingerprint density at radius 1 is 1.35 bits per heavy atom. The van der Waals surface area contributed by atoms with Crippen LogP contribution in [0, 0.1) is 5.92 Å². The zero-order chi connectivity index (χ0) is 18.1. The van der Waals surface area contributed by atoms with Crippen molar-refractivity contribution in [3.05, 3.63) is 45.9 Å². The molecule has 1 N–H and O–H groups in total. The summed E-state index contributed by atoms with van der Waals surface area (Å²) in [4.78, 5) is 28.1. The van der Waals surface area contributed by atoms with Gasteiger partial charge in [0.1, 0.15) is 0 Å². The van der Waals surface area contributed by atoms with Gasteiger partial charge in [0, 0.05) is 13.2 Å². The van der Waals surface area contributed by atoms with Crippen LogP contribution in [0.25, 0.3) is 0 Å². The second-order valence-electron chi connectivity index (χ2n) is 7.15. The maximum atomic E-state index is 13.1. The number of allylic oxidation sites excluding steroid dienone is 2. The number of nitrogens with zero attached hydrogens (tertiary/aromatic N) is 1. The average Bonchev–Trinajstić information content (AvgIpc) is 3.40. The van der Waals surface area contributed by atoms with E-state index in [9.17, 15) is 14.7 Å². The molecular formula is C20H23NO4S. The number of aliphatic hydroxyl groups excluding tert-OH is 1. The zero-order valence-electron chi connectivity index (χ0n) is 14.6. The molecule has 3 aliphatic rings. The van der Waals surface area contributed by atoms with E-state index in [1.54, 1.807) is 11.0 Å². The summed E-state index contributed by atoms with van der Waals surface area (Å²) in [7, 11) is 0. The van der Waals surface area contributed by atoms with E-state index >= 15 is 0 Å². The fraction of sp³-hybridized carbons (Fsp3) is 0.500. The van der Waals surface area contributed by atoms with Crippen LogP contribution in [0.2, 0.25) is 0 Å². The van der Waals surface area contributed by atoms with Crippen LogP contribution in [0.3, 0.4) is 0 Å². The summed E-state index contributed by atoms with van der Waals surface area (Å²) in [6.45, 7) is 1.15. The fourth-order valence-corrected chi connectivity index (χ4v) is 4.93. The highest BCUT2D eigenvalue weighted by molar-refractivity contribution is 7.12. The first kappa shape index (κ1) is 17.5. The molecular weight excluding hydrogens is 350 g/mol. The Morgan fingerprint density at radius 2 is 2.23 bits per heavy atom. The molecule has 1 aliphatic carbocycles. The van der Waals surface area contributed by atoms with Crippen LogP contribution in [-0.2, 0) is 9.53 Å². The Morgan fingerprint density at radius 3 is 2.88 bits per heavy atom. The first-order valence-corrected chi connectivity index (χ1v) is 10.1. The topological polar surface area (TPSA) is 66.8 Å². The highest BCUT2D eigenvalue weighted by Crippen LogP contribution is 2.38. The monoisotopic (exact) mass is 373 g/mol. The molecule has 5 nitrogen and oxygen atoms in total. The standard InChI is InChI=1S/C20H23NO4S/c22-18(15-9-5-11-26-15)16-17(13-6-2-1-3-7-13)21(20(24)19(16)23)12-14-8-4-10-25-14/h1-2,5,9,11,13-14,17,23H,3-4,6-8,10,12H2. The van der Waals surface area contributed by atoms with Gasteiger partial charge in [-0.3, -0.25) is 9.59 Å². The van der Waals surface area contributed by atoms with Crippen molar-refractivity contribution in [3.63, 3.8) is 0 Å². The summed E-state index contributed by atoms with van der Waals surface area (Å²) < 4.78 is 5.71. The minimum Gasteiger partial charge on any atom is -0.503 e. The highest BCUT2D eigenvalue weighted by atomic mass is 32.1. The third-order valence-electron chi connectivity index (χ3n) is 5.52. The molecule has 3 heterocycles. The lowest BCUT2D eigenvalue weighted by Gasteiger charge is -2.35. The molecule has 4 rings (SSSR count). The van der Waals surface area contributed by atoms with E-state index in [4.69, 9.17) is 4.74 Å². The number of carbonyl (C=O) groups excluding carboxylic acids is 2. The number of ketones is 1. The van der Waals surface area contributed by atoms with Gasteiger partial charge in [-0.2, -0.15) is 0 Å². The normalized spacial score (nSPS) is 29.0. The first-order valence-electron chi connectivity index (χ1n) is 9.25. The van der Waals surface area contributed by atoms with Crippen LogP contribution in [-0.4, -0.2) is 47.0 Å². The van der Waals surface area contributed by atoms with Gasteiger partial charge < -0.3 is 14.7 Å². The third kappa shape index (κ3) is 3.12. The predicted octanol–water partition coefficient (Wildman–Crippen LogP) is 3.49. The number of carbonyl (C=O) groups is 2. The van der Waals surface area contributed by atoms with Gasteiger partial charge in [-0.25, -0.2) is 0 Å². The lowest BCUT2D eigenvalue weighted by molar-refractivity contribution is -0.131. The van der Waals surface area contributed by atoms with Crippen molar-refractivity contribution >= 4 is 23.0 Å². The van der Waals surface area contributed by atoms with Crippen LogP contribution >= 0.6 is 11.3 Å². The Hall–Kier alpha value is -1.92. The lowest BCUT2D eigenvalue weighted by Crippen LogP contribution is -2.45. The minimum atomic E-state index is -0.431. The molecule has 1 amide bonds. The van der Waals surface area contributed by atoms with Crippen molar-refractivity contribution in [2.45, 2.75) is 44.2 Å². The molecule has 26 heavy (non-hydrogen) atoms. The number of aliphatic hydroxyl groups is 1. The number of thiophene rings is 1. The van der Waals surface area contributed by atoms with Gasteiger partial charge in [0.15, 0.2) is 5.76 Å². The molecule has 138 valence electrons. The summed E-state index contributed by atoms with van der Waals surface area (Å²) in [5, 5.41) is 12.4. The molecule has 3 unspecified atom stereocenters. The minimum absolute atomic E-state index is 0.00966. The number of hydrogen-bond donors (Lipinski definition) is 1. The molecule has 0 saturated carbocycles. The van der Waals surface area contributed by atoms with Crippen LogP contribution in [0.1, 0.15) is 41.8 Å². The van der Waals surface area contributed by atoms with Crippen LogP contribution < -0.4 is 0 Å². The van der Waals surface area contributed by atoms with Crippen molar-refractivity contribution in [2.75, 3.05) is 13.2 Å². The summed E-state index contributed by atoms with van der Waals surface area (Å²) in [5.74, 6) is -0.880. The van der Waals surface area contributed by atoms with Gasteiger partial charge >= 0.3 is 0 Å². The van der Waals surface area contributed by atoms with Gasteiger partial charge in [0.05, 0.1) is 22.6 Å². The van der Waals surface area contributed by atoms with Crippen molar-refractivity contribution in [1.29, 1.82) is 0 Å². The van der Waals surface area contributed by atoms with Gasteiger partial charge in [-0.1, -0.05) is 18.2 Å². The van der Waals surface area contributed by atoms with Crippen LogP contribution in [0.5, 0.6) is 0 Å². The van der Waals surface area contributed by atoms with E-state index in [2.05, 4.69) is 12.2 Å². The fourth-order valence-electron chi connectivity index (χ4n) is 4.25. The summed E-state index contributed by atoms with van der Waals surface area (Å²) in [5.41, 5.74) is 0.274. The van der Waals surface area contributed by atoms with Crippen molar-refractivity contribution < 1.29 is 19.4 Å². The first-order chi connectivity index (χ1) is 12.7. The van der Waals surface area contributed by atoms with Crippen molar-refractivity contribution in [1.82, 2.24) is 4.90 Å². The van der Waals surface area contributed by atoms with Gasteiger partial charge in [-0.15, -0.1) is 11.3 Å². The molecule has 1 aromatic rings. The summed E-state index contributed by atoms with van der Waals surface area (Å²) in [6, 6.07) is 3.19. The molecule has 0 radical (unpaired) electrons. The van der Waals surface area contributed by atoms with Gasteiger partial charge in [0.2, 0.25) is 5.78 Å². The molecule has 0 aromatic carbocycles. The number of rotatable bonds is 5. The van der Waals surface area contributed by atoms with E-state index in [-0.39, 0.29) is 35.2 Å². The predicted molar refractivity (Wildman–Crippen MR) is 99.3 cm³/mol. The average molecular weight is 373 g/mol. The molecule has 3 atom stereocenters. The molecule has 0 bridgehead atoms. The lowest BCUT2D eigenvalue weighted by atomic mass is 9.82. The van der Waals surface area contributed by atoms with Crippen LogP contribution in [0.4, 0.5) is 0 Å². The maximum absolute atomic E-state index is 13.1. The Balaban J connectivity index is 1.68. The molecule has 0 spiro atoms. The summed E-state index contributed by atoms with van der Waals surface area (Å²) >= 11 is 1.34. The molecule has 6 heteroatoms. The molecule has 1 fully saturated rings. The Kier molecular flexibility index (Phi) is 4.96. The van der Waals surface area contributed by atoms with Gasteiger partial charge in [0.25, 0.3) is 5.91 Å². The zero-order valence-corrected chi connectivity index (χ0v) is 15.4. The number of hydrogen-bond acceptors (Lipinski definition) is 5.